The first-order valence-electron chi connectivity index (χ1n) is 8.50. The van der Waals surface area contributed by atoms with Gasteiger partial charge in [0, 0.05) is 40.0 Å². The van der Waals surface area contributed by atoms with Gasteiger partial charge < -0.3 is 18.0 Å². The predicted octanol–water partition coefficient (Wildman–Crippen LogP) is 4.11. The van der Waals surface area contributed by atoms with Crippen molar-refractivity contribution in [3.8, 4) is 0 Å². The smallest absolute Gasteiger partial charge is 0.377 e. The summed E-state index contributed by atoms with van der Waals surface area (Å²) in [5, 5.41) is 11.1. The molecule has 0 saturated carbocycles. The molecule has 0 heterocycles. The summed E-state index contributed by atoms with van der Waals surface area (Å²) in [6.07, 6.45) is 3.64. The zero-order valence-electron chi connectivity index (χ0n) is 15.5. The minimum atomic E-state index is -2.46. The van der Waals surface area contributed by atoms with E-state index in [0.717, 1.165) is 31.7 Å². The van der Waals surface area contributed by atoms with Gasteiger partial charge in [-0.15, -0.1) is 0 Å². The van der Waals surface area contributed by atoms with Gasteiger partial charge in [-0.05, 0) is 25.8 Å². The van der Waals surface area contributed by atoms with Crippen molar-refractivity contribution >= 4 is 14.5 Å². The van der Waals surface area contributed by atoms with Crippen LogP contribution >= 0.6 is 0 Å². The fourth-order valence-electron chi connectivity index (χ4n) is 2.70. The molecule has 0 saturated heterocycles. The summed E-state index contributed by atoms with van der Waals surface area (Å²) in [4.78, 5) is 10.7. The first-order chi connectivity index (χ1) is 12.0. The van der Waals surface area contributed by atoms with E-state index in [1.54, 1.807) is 39.5 Å². The van der Waals surface area contributed by atoms with Crippen molar-refractivity contribution < 1.29 is 22.9 Å². The number of unbranched alkanes of at least 4 members (excludes halogenated alkanes) is 3. The summed E-state index contributed by atoms with van der Waals surface area (Å²) in [6.45, 7) is 2.42. The second-order valence-corrected chi connectivity index (χ2v) is 8.88. The molecule has 7 nitrogen and oxygen atoms in total. The molecular formula is C17H29NO6Si. The van der Waals surface area contributed by atoms with Crippen LogP contribution in [0.3, 0.4) is 0 Å². The molecule has 8 heteroatoms. The predicted molar refractivity (Wildman–Crippen MR) is 97.5 cm³/mol. The van der Waals surface area contributed by atoms with Gasteiger partial charge in [-0.2, -0.15) is 0 Å². The molecule has 0 radical (unpaired) electrons. The van der Waals surface area contributed by atoms with Crippen LogP contribution in [0.15, 0.2) is 24.3 Å². The Morgan fingerprint density at radius 3 is 2.24 bits per heavy atom. The zero-order valence-corrected chi connectivity index (χ0v) is 16.5. The van der Waals surface area contributed by atoms with Crippen molar-refractivity contribution in [2.75, 3.05) is 27.9 Å². The maximum atomic E-state index is 11.1. The van der Waals surface area contributed by atoms with Crippen LogP contribution in [0.1, 0.15) is 44.3 Å². The van der Waals surface area contributed by atoms with Crippen LogP contribution in [0, 0.1) is 10.1 Å². The average molecular weight is 372 g/mol. The van der Waals surface area contributed by atoms with Gasteiger partial charge in [-0.3, -0.25) is 10.1 Å². The van der Waals surface area contributed by atoms with E-state index in [0.29, 0.717) is 12.2 Å². The molecule has 0 bridgehead atoms. The summed E-state index contributed by atoms with van der Waals surface area (Å²) in [5.41, 5.74) is 0.721. The Bertz CT molecular complexity index is 515. The van der Waals surface area contributed by atoms with Gasteiger partial charge >= 0.3 is 8.80 Å². The summed E-state index contributed by atoms with van der Waals surface area (Å²) in [7, 11) is 2.41. The van der Waals surface area contributed by atoms with Gasteiger partial charge in [-0.25, -0.2) is 0 Å². The minimum absolute atomic E-state index is 0.106. The van der Waals surface area contributed by atoms with Crippen LogP contribution in [-0.4, -0.2) is 41.7 Å². The van der Waals surface area contributed by atoms with Crippen molar-refractivity contribution in [2.45, 2.75) is 44.8 Å². The molecule has 1 aromatic rings. The third-order valence-corrected chi connectivity index (χ3v) is 7.08. The summed E-state index contributed by atoms with van der Waals surface area (Å²) >= 11 is 0. The fraction of sp³-hybridized carbons (Fsp3) is 0.647. The van der Waals surface area contributed by atoms with Gasteiger partial charge in [-0.1, -0.05) is 25.0 Å². The van der Waals surface area contributed by atoms with Crippen molar-refractivity contribution in [3.05, 3.63) is 39.9 Å². The molecule has 0 N–H and O–H groups in total. The van der Waals surface area contributed by atoms with E-state index >= 15 is 0 Å². The Morgan fingerprint density at radius 1 is 1.04 bits per heavy atom. The van der Waals surface area contributed by atoms with Gasteiger partial charge in [0.15, 0.2) is 0 Å². The number of hydrogen-bond acceptors (Lipinski definition) is 6. The molecule has 0 amide bonds. The standard InChI is InChI=1S/C17H29NO6Si/c1-15(16-11-7-8-12-17(16)18(19)20)24-13-9-5-6-10-14-25(21-2,22-3)23-4/h7-8,11-12,15H,5-6,9-10,13-14H2,1-4H3. The number of rotatable bonds is 13. The van der Waals surface area contributed by atoms with Crippen molar-refractivity contribution in [1.29, 1.82) is 0 Å². The number of nitro groups is 1. The second-order valence-electron chi connectivity index (χ2n) is 5.79. The van der Waals surface area contributed by atoms with Gasteiger partial charge in [0.05, 0.1) is 16.6 Å². The van der Waals surface area contributed by atoms with E-state index < -0.39 is 8.80 Å². The third-order valence-electron chi connectivity index (χ3n) is 4.25. The largest absolute Gasteiger partial charge is 0.500 e. The number of ether oxygens (including phenoxy) is 1. The summed E-state index contributed by atoms with van der Waals surface area (Å²) < 4.78 is 21.9. The van der Waals surface area contributed by atoms with Crippen LogP contribution in [-0.2, 0) is 18.0 Å². The lowest BCUT2D eigenvalue weighted by Gasteiger charge is -2.24. The fourth-order valence-corrected chi connectivity index (χ4v) is 4.50. The molecule has 0 aliphatic heterocycles. The SMILES string of the molecule is CO[Si](CCCCCCOC(C)c1ccccc1[N+](=O)[O-])(OC)OC. The highest BCUT2D eigenvalue weighted by atomic mass is 28.4. The lowest BCUT2D eigenvalue weighted by atomic mass is 10.1. The third kappa shape index (κ3) is 6.83. The number of nitrogens with zero attached hydrogens (tertiary/aromatic N) is 1. The first-order valence-corrected chi connectivity index (χ1v) is 10.4. The quantitative estimate of drug-likeness (QED) is 0.225. The number of nitro benzene ring substituents is 1. The molecule has 25 heavy (non-hydrogen) atoms. The molecule has 1 unspecified atom stereocenters. The van der Waals surface area contributed by atoms with Crippen LogP contribution in [0.25, 0.3) is 0 Å². The highest BCUT2D eigenvalue weighted by molar-refractivity contribution is 6.60. The maximum Gasteiger partial charge on any atom is 0.500 e. The van der Waals surface area contributed by atoms with Crippen LogP contribution in [0.5, 0.6) is 0 Å². The number of benzene rings is 1. The molecule has 1 aromatic carbocycles. The van der Waals surface area contributed by atoms with E-state index in [-0.39, 0.29) is 16.7 Å². The number of hydrogen-bond donors (Lipinski definition) is 0. The van der Waals surface area contributed by atoms with Crippen molar-refractivity contribution in [3.63, 3.8) is 0 Å². The van der Waals surface area contributed by atoms with Crippen molar-refractivity contribution in [2.24, 2.45) is 0 Å². The monoisotopic (exact) mass is 371 g/mol. The molecule has 1 rings (SSSR count). The Morgan fingerprint density at radius 2 is 1.64 bits per heavy atom. The Kier molecular flexibility index (Phi) is 9.84. The van der Waals surface area contributed by atoms with Gasteiger partial charge in [0.2, 0.25) is 0 Å². The Balaban J connectivity index is 2.27. The second kappa shape index (κ2) is 11.3. The molecule has 0 fully saturated rings. The molecule has 142 valence electrons. The molecular weight excluding hydrogens is 342 g/mol. The molecule has 1 atom stereocenters. The van der Waals surface area contributed by atoms with Crippen LogP contribution < -0.4 is 0 Å². The van der Waals surface area contributed by atoms with E-state index in [1.807, 2.05) is 6.92 Å². The molecule has 0 aliphatic carbocycles. The lowest BCUT2D eigenvalue weighted by Crippen LogP contribution is -2.42. The van der Waals surface area contributed by atoms with E-state index in [9.17, 15) is 10.1 Å². The van der Waals surface area contributed by atoms with E-state index in [4.69, 9.17) is 18.0 Å². The topological polar surface area (TPSA) is 80.1 Å². The average Bonchev–Trinajstić information content (AvgIpc) is 2.64. The maximum absolute atomic E-state index is 11.1. The Hall–Kier alpha value is -1.32. The normalized spacial score (nSPS) is 13.0. The minimum Gasteiger partial charge on any atom is -0.377 e. The zero-order chi connectivity index (χ0) is 18.7. The lowest BCUT2D eigenvalue weighted by molar-refractivity contribution is -0.386. The van der Waals surface area contributed by atoms with Crippen molar-refractivity contribution in [1.82, 2.24) is 0 Å². The van der Waals surface area contributed by atoms with E-state index in [1.165, 1.54) is 6.07 Å². The van der Waals surface area contributed by atoms with Crippen LogP contribution in [0.2, 0.25) is 6.04 Å². The van der Waals surface area contributed by atoms with Gasteiger partial charge in [0.25, 0.3) is 5.69 Å². The summed E-state index contributed by atoms with van der Waals surface area (Å²) in [6, 6.07) is 7.50. The highest BCUT2D eigenvalue weighted by Crippen LogP contribution is 2.27. The Labute approximate surface area is 150 Å². The first kappa shape index (κ1) is 21.7. The molecule has 0 aromatic heterocycles. The summed E-state index contributed by atoms with van der Waals surface area (Å²) in [5.74, 6) is 0. The van der Waals surface area contributed by atoms with Gasteiger partial charge in [0.1, 0.15) is 0 Å². The molecule has 0 aliphatic rings. The van der Waals surface area contributed by atoms with Crippen LogP contribution in [0.4, 0.5) is 5.69 Å². The molecule has 0 spiro atoms. The highest BCUT2D eigenvalue weighted by Gasteiger charge is 2.36. The number of para-hydroxylation sites is 1. The van der Waals surface area contributed by atoms with E-state index in [2.05, 4.69) is 0 Å².